The number of hydrogen-bond donors (Lipinski definition) is 1. The van der Waals surface area contributed by atoms with E-state index in [9.17, 15) is 0 Å². The number of pyridine rings is 1. The van der Waals surface area contributed by atoms with Crippen LogP contribution in [0.3, 0.4) is 0 Å². The van der Waals surface area contributed by atoms with Gasteiger partial charge in [0.15, 0.2) is 0 Å². The molecule has 0 bridgehead atoms. The molecule has 1 N–H and O–H groups in total. The zero-order valence-electron chi connectivity index (χ0n) is 11.7. The van der Waals surface area contributed by atoms with Crippen molar-refractivity contribution in [3.8, 4) is 11.5 Å². The molecular formula is C14H20N4O. The van der Waals surface area contributed by atoms with Gasteiger partial charge < -0.3 is 9.73 Å². The van der Waals surface area contributed by atoms with Crippen molar-refractivity contribution < 1.29 is 4.42 Å². The highest BCUT2D eigenvalue weighted by atomic mass is 16.4. The molecule has 2 aromatic heterocycles. The van der Waals surface area contributed by atoms with Crippen LogP contribution in [0.25, 0.3) is 11.5 Å². The highest BCUT2D eigenvalue weighted by Crippen LogP contribution is 2.22. The lowest BCUT2D eigenvalue weighted by Crippen LogP contribution is -2.21. The minimum absolute atomic E-state index is 0.124. The van der Waals surface area contributed by atoms with Crippen molar-refractivity contribution in [1.82, 2.24) is 20.5 Å². The SMILES string of the molecule is CCCNC(CC)c1nnc(-c2cncc(C)c2)o1. The maximum Gasteiger partial charge on any atom is 0.249 e. The van der Waals surface area contributed by atoms with Gasteiger partial charge >= 0.3 is 0 Å². The van der Waals surface area contributed by atoms with Crippen LogP contribution in [0, 0.1) is 6.92 Å². The van der Waals surface area contributed by atoms with Crippen LogP contribution in [-0.4, -0.2) is 21.7 Å². The Morgan fingerprint density at radius 3 is 2.79 bits per heavy atom. The Hall–Kier alpha value is -1.75. The summed E-state index contributed by atoms with van der Waals surface area (Å²) in [5, 5.41) is 11.6. The number of aromatic nitrogens is 3. The van der Waals surface area contributed by atoms with E-state index in [-0.39, 0.29) is 6.04 Å². The molecule has 2 rings (SSSR count). The first-order valence-corrected chi connectivity index (χ1v) is 6.73. The summed E-state index contributed by atoms with van der Waals surface area (Å²) in [6.07, 6.45) is 5.55. The summed E-state index contributed by atoms with van der Waals surface area (Å²) in [5.74, 6) is 1.18. The first kappa shape index (κ1) is 13.7. The quantitative estimate of drug-likeness (QED) is 0.865. The van der Waals surface area contributed by atoms with E-state index in [1.54, 1.807) is 12.4 Å². The summed E-state index contributed by atoms with van der Waals surface area (Å²) >= 11 is 0. The van der Waals surface area contributed by atoms with Crippen molar-refractivity contribution in [3.05, 3.63) is 29.9 Å². The molecule has 102 valence electrons. The fourth-order valence-corrected chi connectivity index (χ4v) is 1.89. The van der Waals surface area contributed by atoms with Crippen LogP contribution >= 0.6 is 0 Å². The van der Waals surface area contributed by atoms with E-state index in [2.05, 4.69) is 34.3 Å². The molecule has 2 aromatic rings. The normalized spacial score (nSPS) is 12.6. The second kappa shape index (κ2) is 6.43. The van der Waals surface area contributed by atoms with Crippen molar-refractivity contribution in [2.45, 2.75) is 39.7 Å². The molecule has 0 fully saturated rings. The highest BCUT2D eigenvalue weighted by molar-refractivity contribution is 5.51. The van der Waals surface area contributed by atoms with E-state index in [0.29, 0.717) is 11.8 Å². The van der Waals surface area contributed by atoms with Crippen LogP contribution in [-0.2, 0) is 0 Å². The molecule has 5 heteroatoms. The Kier molecular flexibility index (Phi) is 4.63. The standard InChI is InChI=1S/C14H20N4O/c1-4-6-16-12(5-2)14-18-17-13(19-14)11-7-10(3)8-15-9-11/h7-9,12,16H,4-6H2,1-3H3. The summed E-state index contributed by atoms with van der Waals surface area (Å²) in [6, 6.07) is 2.11. The van der Waals surface area contributed by atoms with Gasteiger partial charge in [0.2, 0.25) is 11.8 Å². The Morgan fingerprint density at radius 1 is 1.26 bits per heavy atom. The molecule has 2 heterocycles. The van der Waals surface area contributed by atoms with Gasteiger partial charge in [0.25, 0.3) is 0 Å². The van der Waals surface area contributed by atoms with E-state index in [0.717, 1.165) is 30.5 Å². The molecule has 0 aliphatic rings. The lowest BCUT2D eigenvalue weighted by molar-refractivity contribution is 0.396. The largest absolute Gasteiger partial charge is 0.419 e. The number of nitrogens with one attached hydrogen (secondary N) is 1. The number of aryl methyl sites for hydroxylation is 1. The van der Waals surface area contributed by atoms with Gasteiger partial charge in [0, 0.05) is 12.4 Å². The van der Waals surface area contributed by atoms with Crippen LogP contribution in [0.1, 0.15) is 44.2 Å². The maximum atomic E-state index is 5.75. The Bertz CT molecular complexity index is 524. The summed E-state index contributed by atoms with van der Waals surface area (Å²) in [7, 11) is 0. The summed E-state index contributed by atoms with van der Waals surface area (Å²) in [4.78, 5) is 4.14. The molecular weight excluding hydrogens is 240 g/mol. The molecule has 0 radical (unpaired) electrons. The minimum atomic E-state index is 0.124. The molecule has 0 saturated carbocycles. The lowest BCUT2D eigenvalue weighted by atomic mass is 10.2. The zero-order chi connectivity index (χ0) is 13.7. The van der Waals surface area contributed by atoms with E-state index in [1.807, 2.05) is 13.0 Å². The lowest BCUT2D eigenvalue weighted by Gasteiger charge is -2.11. The fraction of sp³-hybridized carbons (Fsp3) is 0.500. The molecule has 5 nitrogen and oxygen atoms in total. The fourth-order valence-electron chi connectivity index (χ4n) is 1.89. The minimum Gasteiger partial charge on any atom is -0.419 e. The van der Waals surface area contributed by atoms with E-state index < -0.39 is 0 Å². The summed E-state index contributed by atoms with van der Waals surface area (Å²) in [6.45, 7) is 7.18. The highest BCUT2D eigenvalue weighted by Gasteiger charge is 2.17. The topological polar surface area (TPSA) is 63.8 Å². The van der Waals surface area contributed by atoms with Crippen molar-refractivity contribution >= 4 is 0 Å². The van der Waals surface area contributed by atoms with Crippen molar-refractivity contribution in [1.29, 1.82) is 0 Å². The monoisotopic (exact) mass is 260 g/mol. The van der Waals surface area contributed by atoms with Crippen molar-refractivity contribution in [3.63, 3.8) is 0 Å². The molecule has 0 aliphatic carbocycles. The molecule has 1 unspecified atom stereocenters. The Balaban J connectivity index is 2.18. The Labute approximate surface area is 113 Å². The smallest absolute Gasteiger partial charge is 0.249 e. The van der Waals surface area contributed by atoms with Crippen LogP contribution in [0.4, 0.5) is 0 Å². The first-order valence-electron chi connectivity index (χ1n) is 6.73. The van der Waals surface area contributed by atoms with Crippen LogP contribution in [0.5, 0.6) is 0 Å². The van der Waals surface area contributed by atoms with E-state index in [4.69, 9.17) is 4.42 Å². The predicted octanol–water partition coefficient (Wildman–Crippen LogP) is 2.89. The Morgan fingerprint density at radius 2 is 2.11 bits per heavy atom. The average Bonchev–Trinajstić information content (AvgIpc) is 2.89. The molecule has 0 spiro atoms. The summed E-state index contributed by atoms with van der Waals surface area (Å²) in [5.41, 5.74) is 1.94. The molecule has 0 aromatic carbocycles. The van der Waals surface area contributed by atoms with Gasteiger partial charge in [-0.1, -0.05) is 13.8 Å². The van der Waals surface area contributed by atoms with Crippen LogP contribution in [0.2, 0.25) is 0 Å². The van der Waals surface area contributed by atoms with E-state index >= 15 is 0 Å². The molecule has 0 amide bonds. The molecule has 1 atom stereocenters. The number of hydrogen-bond acceptors (Lipinski definition) is 5. The van der Waals surface area contributed by atoms with Gasteiger partial charge in [0.1, 0.15) is 0 Å². The number of nitrogens with zero attached hydrogens (tertiary/aromatic N) is 3. The van der Waals surface area contributed by atoms with Gasteiger partial charge in [-0.15, -0.1) is 10.2 Å². The average molecular weight is 260 g/mol. The van der Waals surface area contributed by atoms with Gasteiger partial charge in [0.05, 0.1) is 11.6 Å². The number of rotatable bonds is 6. The van der Waals surface area contributed by atoms with Crippen LogP contribution < -0.4 is 5.32 Å². The first-order chi connectivity index (χ1) is 9.24. The predicted molar refractivity (Wildman–Crippen MR) is 73.6 cm³/mol. The molecule has 0 saturated heterocycles. The second-order valence-electron chi connectivity index (χ2n) is 4.61. The third-order valence-corrected chi connectivity index (χ3v) is 2.91. The second-order valence-corrected chi connectivity index (χ2v) is 4.61. The van der Waals surface area contributed by atoms with Gasteiger partial charge in [-0.3, -0.25) is 4.98 Å². The van der Waals surface area contributed by atoms with E-state index in [1.165, 1.54) is 0 Å². The zero-order valence-corrected chi connectivity index (χ0v) is 11.7. The molecule has 0 aliphatic heterocycles. The van der Waals surface area contributed by atoms with Crippen molar-refractivity contribution in [2.24, 2.45) is 0 Å². The third kappa shape index (κ3) is 3.38. The van der Waals surface area contributed by atoms with Crippen LogP contribution in [0.15, 0.2) is 22.9 Å². The van der Waals surface area contributed by atoms with Gasteiger partial charge in [-0.05, 0) is 37.9 Å². The maximum absolute atomic E-state index is 5.75. The third-order valence-electron chi connectivity index (χ3n) is 2.91. The molecule has 19 heavy (non-hydrogen) atoms. The van der Waals surface area contributed by atoms with Gasteiger partial charge in [-0.2, -0.15) is 0 Å². The summed E-state index contributed by atoms with van der Waals surface area (Å²) < 4.78 is 5.75. The van der Waals surface area contributed by atoms with Gasteiger partial charge in [-0.25, -0.2) is 0 Å². The van der Waals surface area contributed by atoms with Crippen molar-refractivity contribution in [2.75, 3.05) is 6.54 Å².